The van der Waals surface area contributed by atoms with Crippen molar-refractivity contribution >= 4 is 22.8 Å². The Hall–Kier alpha value is -2.09. The third-order valence-corrected chi connectivity index (χ3v) is 3.62. The summed E-state index contributed by atoms with van der Waals surface area (Å²) in [6, 6.07) is 0. The van der Waals surface area contributed by atoms with Gasteiger partial charge in [0, 0.05) is 11.1 Å². The second-order valence-corrected chi connectivity index (χ2v) is 4.87. The molecule has 0 aliphatic rings. The van der Waals surface area contributed by atoms with Crippen LogP contribution >= 0.6 is 11.3 Å². The number of nitrogens with zero attached hydrogens (tertiary/aromatic N) is 6. The highest BCUT2D eigenvalue weighted by Crippen LogP contribution is 2.15. The summed E-state index contributed by atoms with van der Waals surface area (Å²) >= 11 is 1.70. The van der Waals surface area contributed by atoms with Crippen LogP contribution in [0.25, 0.3) is 5.65 Å². The summed E-state index contributed by atoms with van der Waals surface area (Å²) < 4.78 is 1.61. The van der Waals surface area contributed by atoms with Gasteiger partial charge in [-0.3, -0.25) is 4.98 Å². The second-order valence-electron chi connectivity index (χ2n) is 3.67. The van der Waals surface area contributed by atoms with Gasteiger partial charge in [-0.25, -0.2) is 4.98 Å². The molecule has 0 radical (unpaired) electrons. The first-order chi connectivity index (χ1) is 8.86. The maximum Gasteiger partial charge on any atom is 0.199 e. The van der Waals surface area contributed by atoms with Crippen molar-refractivity contribution < 1.29 is 0 Å². The lowest BCUT2D eigenvalue weighted by Gasteiger charge is -2.04. The largest absolute Gasteiger partial charge is 0.362 e. The maximum absolute atomic E-state index is 4.34. The molecule has 3 heterocycles. The average Bonchev–Trinajstić information content (AvgIpc) is 3.05. The highest BCUT2D eigenvalue weighted by molar-refractivity contribution is 7.11. The van der Waals surface area contributed by atoms with Crippen molar-refractivity contribution in [2.24, 2.45) is 0 Å². The van der Waals surface area contributed by atoms with Gasteiger partial charge in [-0.15, -0.1) is 16.4 Å². The molecular weight excluding hydrogens is 250 g/mol. The topological polar surface area (TPSA) is 80.9 Å². The van der Waals surface area contributed by atoms with Crippen molar-refractivity contribution in [1.82, 2.24) is 30.0 Å². The van der Waals surface area contributed by atoms with Gasteiger partial charge in [0.1, 0.15) is 5.01 Å². The molecule has 0 amide bonds. The van der Waals surface area contributed by atoms with Gasteiger partial charge in [-0.2, -0.15) is 4.52 Å². The molecule has 0 bridgehead atoms. The van der Waals surface area contributed by atoms with Crippen LogP contribution in [0.15, 0.2) is 18.6 Å². The molecule has 0 saturated heterocycles. The summed E-state index contributed by atoms with van der Waals surface area (Å²) in [5.74, 6) is 0.755. The van der Waals surface area contributed by atoms with Gasteiger partial charge in [0.15, 0.2) is 11.5 Å². The second kappa shape index (κ2) is 4.65. The number of rotatable bonds is 4. The zero-order valence-electron chi connectivity index (χ0n) is 9.74. The smallest absolute Gasteiger partial charge is 0.199 e. The van der Waals surface area contributed by atoms with Crippen LogP contribution in [0.2, 0.25) is 0 Å². The average molecular weight is 261 g/mol. The number of tetrazole rings is 1. The van der Waals surface area contributed by atoms with E-state index in [0.717, 1.165) is 17.2 Å². The summed E-state index contributed by atoms with van der Waals surface area (Å²) in [5, 5.41) is 15.6. The molecule has 0 aliphatic heterocycles. The van der Waals surface area contributed by atoms with E-state index in [2.05, 4.69) is 37.7 Å². The van der Waals surface area contributed by atoms with Gasteiger partial charge in [-0.1, -0.05) is 6.92 Å². The fourth-order valence-corrected chi connectivity index (χ4v) is 2.36. The summed E-state index contributed by atoms with van der Waals surface area (Å²) in [5.41, 5.74) is 0.619. The number of thiazole rings is 1. The van der Waals surface area contributed by atoms with Crippen LogP contribution < -0.4 is 5.32 Å². The van der Waals surface area contributed by atoms with Crippen molar-refractivity contribution in [3.05, 3.63) is 28.5 Å². The molecule has 0 aliphatic carbocycles. The lowest BCUT2D eigenvalue weighted by atomic mass is 10.4. The molecule has 7 nitrogen and oxygen atoms in total. The minimum absolute atomic E-state index is 0.619. The minimum atomic E-state index is 0.619. The third kappa shape index (κ3) is 2.02. The maximum atomic E-state index is 4.34. The molecular formula is C10H11N7S. The minimum Gasteiger partial charge on any atom is -0.362 e. The highest BCUT2D eigenvalue weighted by atomic mass is 32.1. The Balaban J connectivity index is 1.78. The van der Waals surface area contributed by atoms with E-state index in [4.69, 9.17) is 0 Å². The van der Waals surface area contributed by atoms with Gasteiger partial charge < -0.3 is 5.32 Å². The fraction of sp³-hybridized carbons (Fsp3) is 0.300. The van der Waals surface area contributed by atoms with Crippen molar-refractivity contribution in [2.75, 3.05) is 5.32 Å². The SMILES string of the molecule is CCc1cnc(CNc2cncc3nnnn23)s1. The van der Waals surface area contributed by atoms with E-state index in [0.29, 0.717) is 12.2 Å². The Bertz CT molecular complexity index is 659. The Morgan fingerprint density at radius 2 is 2.28 bits per heavy atom. The van der Waals surface area contributed by atoms with Crippen LogP contribution in [-0.2, 0) is 13.0 Å². The molecule has 92 valence electrons. The predicted octanol–water partition coefficient (Wildman–Crippen LogP) is 1.15. The van der Waals surface area contributed by atoms with Crippen LogP contribution in [0, 0.1) is 0 Å². The number of anilines is 1. The Morgan fingerprint density at radius 1 is 1.33 bits per heavy atom. The molecule has 0 saturated carbocycles. The molecule has 3 aromatic rings. The van der Waals surface area contributed by atoms with Crippen LogP contribution in [-0.4, -0.2) is 30.0 Å². The lowest BCUT2D eigenvalue weighted by molar-refractivity contribution is 0.819. The molecule has 8 heteroatoms. The molecule has 0 unspecified atom stereocenters. The lowest BCUT2D eigenvalue weighted by Crippen LogP contribution is -2.05. The molecule has 0 spiro atoms. The summed E-state index contributed by atoms with van der Waals surface area (Å²) in [7, 11) is 0. The molecule has 0 atom stereocenters. The Kier molecular flexibility index (Phi) is 2.85. The summed E-state index contributed by atoms with van der Waals surface area (Å²) in [6.45, 7) is 2.77. The number of fused-ring (bicyclic) bond motifs is 1. The molecule has 18 heavy (non-hydrogen) atoms. The predicted molar refractivity (Wildman–Crippen MR) is 67.4 cm³/mol. The van der Waals surface area contributed by atoms with Crippen molar-refractivity contribution in [2.45, 2.75) is 19.9 Å². The number of hydrogen-bond acceptors (Lipinski definition) is 7. The monoisotopic (exact) mass is 261 g/mol. The quantitative estimate of drug-likeness (QED) is 0.758. The van der Waals surface area contributed by atoms with Crippen LogP contribution in [0.1, 0.15) is 16.8 Å². The highest BCUT2D eigenvalue weighted by Gasteiger charge is 2.05. The van der Waals surface area contributed by atoms with Crippen LogP contribution in [0.5, 0.6) is 0 Å². The normalized spacial score (nSPS) is 10.9. The first kappa shape index (κ1) is 11.0. The van der Waals surface area contributed by atoms with Gasteiger partial charge >= 0.3 is 0 Å². The van der Waals surface area contributed by atoms with E-state index < -0.39 is 0 Å². The zero-order valence-corrected chi connectivity index (χ0v) is 10.6. The van der Waals surface area contributed by atoms with Crippen LogP contribution in [0.4, 0.5) is 5.82 Å². The molecule has 0 aromatic carbocycles. The van der Waals surface area contributed by atoms with Crippen molar-refractivity contribution in [3.8, 4) is 0 Å². The number of aromatic nitrogens is 6. The van der Waals surface area contributed by atoms with E-state index in [-0.39, 0.29) is 0 Å². The Morgan fingerprint density at radius 3 is 3.11 bits per heavy atom. The van der Waals surface area contributed by atoms with Gasteiger partial charge in [0.25, 0.3) is 0 Å². The first-order valence-electron chi connectivity index (χ1n) is 5.56. The van der Waals surface area contributed by atoms with Gasteiger partial charge in [-0.05, 0) is 16.8 Å². The number of nitrogens with one attached hydrogen (secondary N) is 1. The Labute approximate surface area is 107 Å². The summed E-state index contributed by atoms with van der Waals surface area (Å²) in [4.78, 5) is 9.70. The zero-order chi connectivity index (χ0) is 12.4. The van der Waals surface area contributed by atoms with E-state index in [1.54, 1.807) is 28.2 Å². The van der Waals surface area contributed by atoms with Crippen LogP contribution in [0.3, 0.4) is 0 Å². The molecule has 0 fully saturated rings. The van der Waals surface area contributed by atoms with E-state index in [1.807, 2.05) is 6.20 Å². The molecule has 3 aromatic heterocycles. The van der Waals surface area contributed by atoms with Crippen molar-refractivity contribution in [1.29, 1.82) is 0 Å². The standard InChI is InChI=1S/C10H11N7S/c1-2-7-3-13-10(18-7)6-12-8-4-11-5-9-14-15-16-17(8)9/h3-5,12H,2,6H2,1H3. The van der Waals surface area contributed by atoms with E-state index in [9.17, 15) is 0 Å². The van der Waals surface area contributed by atoms with E-state index >= 15 is 0 Å². The fourth-order valence-electron chi connectivity index (χ4n) is 1.56. The molecule has 1 N–H and O–H groups in total. The third-order valence-electron chi connectivity index (χ3n) is 2.48. The van der Waals surface area contributed by atoms with Gasteiger partial charge in [0.2, 0.25) is 0 Å². The summed E-state index contributed by atoms with van der Waals surface area (Å²) in [6.07, 6.45) is 6.24. The van der Waals surface area contributed by atoms with Gasteiger partial charge in [0.05, 0.1) is 18.9 Å². The van der Waals surface area contributed by atoms with Crippen molar-refractivity contribution in [3.63, 3.8) is 0 Å². The number of hydrogen-bond donors (Lipinski definition) is 1. The number of aryl methyl sites for hydroxylation is 1. The van der Waals surface area contributed by atoms with E-state index in [1.165, 1.54) is 4.88 Å². The molecule has 3 rings (SSSR count). The first-order valence-corrected chi connectivity index (χ1v) is 6.38.